The van der Waals surface area contributed by atoms with Crippen LogP contribution in [0.15, 0.2) is 35.3 Å². The molecule has 118 valence electrons. The first-order valence-corrected chi connectivity index (χ1v) is 7.93. The van der Waals surface area contributed by atoms with Crippen molar-refractivity contribution in [3.8, 4) is 0 Å². The minimum Gasteiger partial charge on any atom is -0.380 e. The van der Waals surface area contributed by atoms with Crippen LogP contribution in [0.2, 0.25) is 0 Å². The van der Waals surface area contributed by atoms with Gasteiger partial charge in [-0.3, -0.25) is 4.99 Å². The zero-order valence-corrected chi connectivity index (χ0v) is 13.4. The van der Waals surface area contributed by atoms with E-state index in [9.17, 15) is 0 Å². The van der Waals surface area contributed by atoms with E-state index in [1.54, 1.807) is 7.05 Å². The maximum absolute atomic E-state index is 5.28. The first kappa shape index (κ1) is 17.5. The largest absolute Gasteiger partial charge is 0.380 e. The summed E-state index contributed by atoms with van der Waals surface area (Å²) in [7, 11) is 1.80. The summed E-state index contributed by atoms with van der Waals surface area (Å²) in [5, 5.41) is 6.56. The highest BCUT2D eigenvalue weighted by Gasteiger charge is 1.97. The van der Waals surface area contributed by atoms with Crippen LogP contribution in [0.4, 0.5) is 0 Å². The van der Waals surface area contributed by atoms with Gasteiger partial charge < -0.3 is 15.4 Å². The van der Waals surface area contributed by atoms with E-state index in [2.05, 4.69) is 46.0 Å². The number of unbranched alkanes of at least 4 members (excludes halogenated alkanes) is 2. The summed E-state index contributed by atoms with van der Waals surface area (Å²) in [4.78, 5) is 4.19. The Balaban J connectivity index is 1.99. The van der Waals surface area contributed by atoms with Crippen molar-refractivity contribution in [2.45, 2.75) is 32.6 Å². The maximum Gasteiger partial charge on any atom is 0.191 e. The van der Waals surface area contributed by atoms with Crippen LogP contribution in [0.25, 0.3) is 0 Å². The van der Waals surface area contributed by atoms with Gasteiger partial charge in [0, 0.05) is 26.7 Å². The molecule has 0 saturated carbocycles. The van der Waals surface area contributed by atoms with Crippen LogP contribution in [0.3, 0.4) is 0 Å². The highest BCUT2D eigenvalue weighted by atomic mass is 16.5. The summed E-state index contributed by atoms with van der Waals surface area (Å²) in [6, 6.07) is 10.7. The lowest BCUT2D eigenvalue weighted by Crippen LogP contribution is -2.39. The zero-order valence-electron chi connectivity index (χ0n) is 13.4. The van der Waals surface area contributed by atoms with Gasteiger partial charge in [-0.05, 0) is 31.7 Å². The molecule has 0 aliphatic carbocycles. The molecule has 0 spiro atoms. The fourth-order valence-electron chi connectivity index (χ4n) is 2.09. The highest BCUT2D eigenvalue weighted by Crippen LogP contribution is 2.05. The summed E-state index contributed by atoms with van der Waals surface area (Å²) in [6.07, 6.45) is 4.81. The van der Waals surface area contributed by atoms with Gasteiger partial charge in [-0.1, -0.05) is 36.8 Å². The van der Waals surface area contributed by atoms with Gasteiger partial charge in [0.15, 0.2) is 5.96 Å². The van der Waals surface area contributed by atoms with Crippen LogP contribution in [0.5, 0.6) is 0 Å². The van der Waals surface area contributed by atoms with Gasteiger partial charge in [0.25, 0.3) is 0 Å². The Hall–Kier alpha value is -1.55. The number of nitrogens with one attached hydrogen (secondary N) is 2. The minimum absolute atomic E-state index is 0.717. The third-order valence-electron chi connectivity index (χ3n) is 3.24. The monoisotopic (exact) mass is 291 g/mol. The molecule has 1 aromatic rings. The Kier molecular flexibility index (Phi) is 10.2. The van der Waals surface area contributed by atoms with Crippen molar-refractivity contribution in [1.82, 2.24) is 10.6 Å². The number of rotatable bonds is 10. The van der Waals surface area contributed by atoms with Crippen molar-refractivity contribution in [2.75, 3.05) is 33.4 Å². The second kappa shape index (κ2) is 12.2. The predicted molar refractivity (Wildman–Crippen MR) is 89.9 cm³/mol. The first-order chi connectivity index (χ1) is 10.4. The van der Waals surface area contributed by atoms with Gasteiger partial charge in [-0.15, -0.1) is 0 Å². The number of hydrogen-bond acceptors (Lipinski definition) is 2. The Bertz CT molecular complexity index is 379. The first-order valence-electron chi connectivity index (χ1n) is 7.93. The van der Waals surface area contributed by atoms with E-state index >= 15 is 0 Å². The fraction of sp³-hybridized carbons (Fsp3) is 0.588. The van der Waals surface area contributed by atoms with Gasteiger partial charge in [0.1, 0.15) is 0 Å². The molecule has 0 amide bonds. The fourth-order valence-corrected chi connectivity index (χ4v) is 2.09. The van der Waals surface area contributed by atoms with Crippen molar-refractivity contribution in [2.24, 2.45) is 4.99 Å². The third-order valence-corrected chi connectivity index (χ3v) is 3.24. The molecule has 0 heterocycles. The molecule has 0 aliphatic rings. The summed E-state index contributed by atoms with van der Waals surface area (Å²) in [5.74, 6) is 0.859. The van der Waals surface area contributed by atoms with Gasteiger partial charge in [-0.2, -0.15) is 0 Å². The third kappa shape index (κ3) is 9.08. The van der Waals surface area contributed by atoms with E-state index < -0.39 is 0 Å². The summed E-state index contributed by atoms with van der Waals surface area (Å²) in [6.45, 7) is 5.23. The SMILES string of the molecule is CCOCCNC(=NC)NCCCCCc1ccccc1. The molecule has 0 aliphatic heterocycles. The quantitative estimate of drug-likeness (QED) is 0.396. The van der Waals surface area contributed by atoms with Gasteiger partial charge in [-0.25, -0.2) is 0 Å². The summed E-state index contributed by atoms with van der Waals surface area (Å²) >= 11 is 0. The molecule has 1 rings (SSSR count). The van der Waals surface area contributed by atoms with Crippen molar-refractivity contribution in [3.05, 3.63) is 35.9 Å². The average Bonchev–Trinajstić information content (AvgIpc) is 2.53. The standard InChI is InChI=1S/C17H29N3O/c1-3-21-15-14-20-17(18-2)19-13-9-5-8-12-16-10-6-4-7-11-16/h4,6-7,10-11H,3,5,8-9,12-15H2,1-2H3,(H2,18,19,20). The molecule has 4 heteroatoms. The number of aryl methyl sites for hydroxylation is 1. The molecule has 2 N–H and O–H groups in total. The second-order valence-electron chi connectivity index (χ2n) is 4.92. The number of nitrogens with zero attached hydrogens (tertiary/aromatic N) is 1. The highest BCUT2D eigenvalue weighted by molar-refractivity contribution is 5.79. The molecule has 4 nitrogen and oxygen atoms in total. The molecule has 0 unspecified atom stereocenters. The van der Waals surface area contributed by atoms with Gasteiger partial charge >= 0.3 is 0 Å². The van der Waals surface area contributed by atoms with Crippen LogP contribution in [0.1, 0.15) is 31.7 Å². The lowest BCUT2D eigenvalue weighted by molar-refractivity contribution is 0.152. The Morgan fingerprint density at radius 3 is 2.52 bits per heavy atom. The molecule has 0 atom stereocenters. The zero-order chi connectivity index (χ0) is 15.2. The van der Waals surface area contributed by atoms with Gasteiger partial charge in [0.05, 0.1) is 6.61 Å². The molecule has 0 radical (unpaired) electrons. The van der Waals surface area contributed by atoms with Crippen LogP contribution in [-0.4, -0.2) is 39.3 Å². The molecular formula is C17H29N3O. The number of aliphatic imine (C=N–C) groups is 1. The summed E-state index contributed by atoms with van der Waals surface area (Å²) in [5.41, 5.74) is 1.43. The average molecular weight is 291 g/mol. The Morgan fingerprint density at radius 2 is 1.81 bits per heavy atom. The molecule has 21 heavy (non-hydrogen) atoms. The van der Waals surface area contributed by atoms with Crippen LogP contribution in [0, 0.1) is 0 Å². The van der Waals surface area contributed by atoms with Crippen LogP contribution < -0.4 is 10.6 Å². The van der Waals surface area contributed by atoms with Crippen molar-refractivity contribution < 1.29 is 4.74 Å². The molecule has 0 saturated heterocycles. The molecule has 0 bridgehead atoms. The van der Waals surface area contributed by atoms with Gasteiger partial charge in [0.2, 0.25) is 0 Å². The van der Waals surface area contributed by atoms with E-state index in [1.807, 2.05) is 6.92 Å². The number of ether oxygens (including phenoxy) is 1. The van der Waals surface area contributed by atoms with Crippen molar-refractivity contribution in [3.63, 3.8) is 0 Å². The summed E-state index contributed by atoms with van der Waals surface area (Å²) < 4.78 is 5.28. The maximum atomic E-state index is 5.28. The van der Waals surface area contributed by atoms with E-state index in [4.69, 9.17) is 4.74 Å². The number of guanidine groups is 1. The molecule has 0 fully saturated rings. The topological polar surface area (TPSA) is 45.6 Å². The van der Waals surface area contributed by atoms with Crippen molar-refractivity contribution in [1.29, 1.82) is 0 Å². The Labute approximate surface area is 129 Å². The Morgan fingerprint density at radius 1 is 1.05 bits per heavy atom. The normalized spacial score (nSPS) is 11.4. The lowest BCUT2D eigenvalue weighted by Gasteiger charge is -2.11. The smallest absolute Gasteiger partial charge is 0.191 e. The van der Waals surface area contributed by atoms with Crippen molar-refractivity contribution >= 4 is 5.96 Å². The van der Waals surface area contributed by atoms with E-state index in [1.165, 1.54) is 31.2 Å². The molecular weight excluding hydrogens is 262 g/mol. The second-order valence-corrected chi connectivity index (χ2v) is 4.92. The molecule has 0 aromatic heterocycles. The molecule has 1 aromatic carbocycles. The predicted octanol–water partition coefficient (Wildman–Crippen LogP) is 2.60. The minimum atomic E-state index is 0.717. The van der Waals surface area contributed by atoms with E-state index in [-0.39, 0.29) is 0 Å². The van der Waals surface area contributed by atoms with E-state index in [0.717, 1.165) is 25.7 Å². The number of benzene rings is 1. The lowest BCUT2D eigenvalue weighted by atomic mass is 10.1. The van der Waals surface area contributed by atoms with Crippen LogP contribution >= 0.6 is 0 Å². The number of hydrogen-bond donors (Lipinski definition) is 2. The van der Waals surface area contributed by atoms with Crippen LogP contribution in [-0.2, 0) is 11.2 Å². The van der Waals surface area contributed by atoms with E-state index in [0.29, 0.717) is 6.61 Å².